The molecule has 1 heterocycles. The summed E-state index contributed by atoms with van der Waals surface area (Å²) in [4.78, 5) is 25.2. The van der Waals surface area contributed by atoms with Crippen LogP contribution >= 0.6 is 0 Å². The Hall–Kier alpha value is -2.64. The van der Waals surface area contributed by atoms with Gasteiger partial charge in [-0.2, -0.15) is 0 Å². The molecule has 184 valence electrons. The zero-order valence-corrected chi connectivity index (χ0v) is 22.1. The third-order valence-electron chi connectivity index (χ3n) is 5.36. The van der Waals surface area contributed by atoms with E-state index >= 15 is 0 Å². The van der Waals surface area contributed by atoms with E-state index in [1.807, 2.05) is 75.4 Å². The van der Waals surface area contributed by atoms with E-state index in [0.717, 1.165) is 17.5 Å². The van der Waals surface area contributed by atoms with E-state index in [4.69, 9.17) is 13.9 Å². The Labute approximate surface area is 204 Å². The van der Waals surface area contributed by atoms with Gasteiger partial charge in [0, 0.05) is 18.5 Å². The molecule has 0 aromatic heterocycles. The minimum absolute atomic E-state index is 0.213. The van der Waals surface area contributed by atoms with E-state index in [1.54, 1.807) is 0 Å². The summed E-state index contributed by atoms with van der Waals surface area (Å²) in [6.07, 6.45) is 1.77. The number of rotatable bonds is 8. The molecule has 6 nitrogen and oxygen atoms in total. The molecular formula is C27H37NO5Si. The summed E-state index contributed by atoms with van der Waals surface area (Å²) >= 11 is 0. The average molecular weight is 484 g/mol. The van der Waals surface area contributed by atoms with E-state index in [1.165, 1.54) is 0 Å². The summed E-state index contributed by atoms with van der Waals surface area (Å²) in [5.41, 5.74) is 1.31. The van der Waals surface area contributed by atoms with Gasteiger partial charge in [0.15, 0.2) is 13.9 Å². The Kier molecular flexibility index (Phi) is 7.88. The summed E-state index contributed by atoms with van der Waals surface area (Å²) in [5, 5.41) is 2.78. The van der Waals surface area contributed by atoms with Gasteiger partial charge in [0.25, 0.3) is 0 Å². The first kappa shape index (κ1) is 26.0. The maximum atomic E-state index is 13.1. The van der Waals surface area contributed by atoms with E-state index in [-0.39, 0.29) is 12.1 Å². The topological polar surface area (TPSA) is 73.9 Å². The smallest absolute Gasteiger partial charge is 0.412 e. The lowest BCUT2D eigenvalue weighted by Crippen LogP contribution is -2.48. The number of esters is 1. The first-order valence-corrected chi connectivity index (χ1v) is 15.3. The van der Waals surface area contributed by atoms with Crippen LogP contribution in [-0.2, 0) is 31.5 Å². The van der Waals surface area contributed by atoms with E-state index < -0.39 is 25.6 Å². The van der Waals surface area contributed by atoms with Gasteiger partial charge in [0.05, 0.1) is 0 Å². The largest absolute Gasteiger partial charge is 0.460 e. The second-order valence-corrected chi connectivity index (χ2v) is 15.4. The van der Waals surface area contributed by atoms with Crippen LogP contribution in [-0.4, -0.2) is 37.7 Å². The highest BCUT2D eigenvalue weighted by Gasteiger charge is 2.51. The highest BCUT2D eigenvalue weighted by Crippen LogP contribution is 2.37. The first-order chi connectivity index (χ1) is 15.8. The molecule has 0 saturated carbocycles. The molecule has 2 atom stereocenters. The molecule has 0 spiro atoms. The minimum Gasteiger partial charge on any atom is -0.460 e. The van der Waals surface area contributed by atoms with Crippen LogP contribution in [0.4, 0.5) is 10.5 Å². The van der Waals surface area contributed by atoms with Gasteiger partial charge in [-0.1, -0.05) is 42.5 Å². The van der Waals surface area contributed by atoms with Gasteiger partial charge in [0.2, 0.25) is 0 Å². The molecule has 0 bridgehead atoms. The molecule has 1 amide bonds. The number of carbonyl (C=O) groups is 2. The number of anilines is 1. The second-order valence-electron chi connectivity index (χ2n) is 11.0. The molecule has 1 aliphatic heterocycles. The molecule has 1 N–H and O–H groups in total. The van der Waals surface area contributed by atoms with Crippen molar-refractivity contribution in [3.63, 3.8) is 0 Å². The van der Waals surface area contributed by atoms with Crippen molar-refractivity contribution in [1.29, 1.82) is 0 Å². The van der Waals surface area contributed by atoms with Gasteiger partial charge >= 0.3 is 12.1 Å². The van der Waals surface area contributed by atoms with Gasteiger partial charge in [-0.3, -0.25) is 5.32 Å². The van der Waals surface area contributed by atoms with Crippen molar-refractivity contribution >= 4 is 26.1 Å². The monoisotopic (exact) mass is 483 g/mol. The maximum Gasteiger partial charge on any atom is 0.412 e. The second kappa shape index (κ2) is 10.3. The highest BCUT2D eigenvalue weighted by molar-refractivity contribution is 6.70. The Morgan fingerprint density at radius 1 is 1.09 bits per heavy atom. The number of nitrogens with one attached hydrogen (secondary N) is 1. The number of ether oxygens (including phenoxy) is 2. The number of carbonyl (C=O) groups excluding carboxylic acids is 2. The lowest BCUT2D eigenvalue weighted by atomic mass is 9.90. The SMILES string of the molecule is CC(C)(C)OC(=O)Nc1cccc(CC[C@H]2C[C@](Cc3ccccc3)(O[Si](C)(C)C)C(=O)O2)c1. The molecule has 1 fully saturated rings. The lowest BCUT2D eigenvalue weighted by Gasteiger charge is -2.33. The van der Waals surface area contributed by atoms with Gasteiger partial charge in [-0.15, -0.1) is 0 Å². The molecule has 3 rings (SSSR count). The Morgan fingerprint density at radius 2 is 1.76 bits per heavy atom. The Morgan fingerprint density at radius 3 is 2.41 bits per heavy atom. The zero-order chi connectivity index (χ0) is 25.0. The fraction of sp³-hybridized carbons (Fsp3) is 0.481. The zero-order valence-electron chi connectivity index (χ0n) is 21.1. The van der Waals surface area contributed by atoms with Crippen LogP contribution in [0.25, 0.3) is 0 Å². The van der Waals surface area contributed by atoms with Gasteiger partial charge in [-0.25, -0.2) is 9.59 Å². The normalized spacial score (nSPS) is 20.6. The summed E-state index contributed by atoms with van der Waals surface area (Å²) in [7, 11) is -2.00. The molecule has 0 aliphatic carbocycles. The third kappa shape index (κ3) is 7.70. The minimum atomic E-state index is -2.00. The van der Waals surface area contributed by atoms with Crippen molar-refractivity contribution in [3.05, 3.63) is 65.7 Å². The molecule has 0 radical (unpaired) electrons. The summed E-state index contributed by atoms with van der Waals surface area (Å²) in [6.45, 7) is 11.8. The van der Waals surface area contributed by atoms with Gasteiger partial charge in [0.1, 0.15) is 11.7 Å². The van der Waals surface area contributed by atoms with Crippen LogP contribution in [0.3, 0.4) is 0 Å². The van der Waals surface area contributed by atoms with E-state index in [9.17, 15) is 9.59 Å². The number of hydrogen-bond donors (Lipinski definition) is 1. The lowest BCUT2D eigenvalue weighted by molar-refractivity contribution is -0.153. The van der Waals surface area contributed by atoms with Crippen molar-refractivity contribution in [2.45, 2.75) is 83.4 Å². The predicted molar refractivity (Wildman–Crippen MR) is 136 cm³/mol. The quantitative estimate of drug-likeness (QED) is 0.362. The summed E-state index contributed by atoms with van der Waals surface area (Å²) < 4.78 is 17.7. The number of cyclic esters (lactones) is 1. The van der Waals surface area contributed by atoms with Crippen molar-refractivity contribution in [1.82, 2.24) is 0 Å². The molecule has 0 unspecified atom stereocenters. The molecule has 2 aromatic rings. The van der Waals surface area contributed by atoms with Crippen molar-refractivity contribution < 1.29 is 23.5 Å². The average Bonchev–Trinajstić information content (AvgIpc) is 2.99. The van der Waals surface area contributed by atoms with Crippen LogP contribution in [0.5, 0.6) is 0 Å². The molecular weight excluding hydrogens is 446 g/mol. The number of aryl methyl sites for hydroxylation is 1. The van der Waals surface area contributed by atoms with Gasteiger partial charge < -0.3 is 13.9 Å². The molecule has 1 aliphatic rings. The van der Waals surface area contributed by atoms with Crippen molar-refractivity contribution in [3.8, 4) is 0 Å². The van der Waals surface area contributed by atoms with Crippen molar-refractivity contribution in [2.75, 3.05) is 5.32 Å². The van der Waals surface area contributed by atoms with Gasteiger partial charge in [-0.05, 0) is 76.5 Å². The van der Waals surface area contributed by atoms with Crippen LogP contribution in [0.15, 0.2) is 54.6 Å². The highest BCUT2D eigenvalue weighted by atomic mass is 28.4. The van der Waals surface area contributed by atoms with Crippen LogP contribution in [0, 0.1) is 0 Å². The third-order valence-corrected chi connectivity index (χ3v) is 6.37. The Bertz CT molecular complexity index is 996. The maximum absolute atomic E-state index is 13.1. The van der Waals surface area contributed by atoms with Crippen molar-refractivity contribution in [2.24, 2.45) is 0 Å². The fourth-order valence-corrected chi connectivity index (χ4v) is 5.65. The van der Waals surface area contributed by atoms with E-state index in [0.29, 0.717) is 24.9 Å². The molecule has 1 saturated heterocycles. The summed E-state index contributed by atoms with van der Waals surface area (Å²) in [6, 6.07) is 17.6. The standard InChI is InChI=1S/C27H37NO5Si/c1-26(2,3)32-25(30)28-22-14-10-13-20(17-22)15-16-23-19-27(24(29)31-23,33-34(4,5)6)18-21-11-8-7-9-12-21/h7-14,17,23H,15-16,18-19H2,1-6H3,(H,28,30)/t23-,27-/m0/s1. The van der Waals surface area contributed by atoms with Crippen LogP contribution in [0.2, 0.25) is 19.6 Å². The number of hydrogen-bond acceptors (Lipinski definition) is 5. The van der Waals surface area contributed by atoms with E-state index in [2.05, 4.69) is 25.0 Å². The predicted octanol–water partition coefficient (Wildman–Crippen LogP) is 6.11. The molecule has 2 aromatic carbocycles. The fourth-order valence-electron chi connectivity index (χ4n) is 4.24. The molecule has 7 heteroatoms. The Balaban J connectivity index is 1.65. The molecule has 34 heavy (non-hydrogen) atoms. The summed E-state index contributed by atoms with van der Waals surface area (Å²) in [5.74, 6) is -0.260. The number of benzene rings is 2. The van der Waals surface area contributed by atoms with Crippen LogP contribution in [0.1, 0.15) is 44.7 Å². The first-order valence-electron chi connectivity index (χ1n) is 11.9. The van der Waals surface area contributed by atoms with Crippen LogP contribution < -0.4 is 5.32 Å². The number of amides is 1.